The van der Waals surface area contributed by atoms with E-state index in [0.717, 1.165) is 25.5 Å². The van der Waals surface area contributed by atoms with Crippen molar-refractivity contribution in [2.75, 3.05) is 36.9 Å². The first kappa shape index (κ1) is 15.6. The van der Waals surface area contributed by atoms with Gasteiger partial charge in [-0.15, -0.1) is 11.3 Å². The molecule has 0 aromatic carbocycles. The Morgan fingerprint density at radius 3 is 3.00 bits per heavy atom. The lowest BCUT2D eigenvalue weighted by Crippen LogP contribution is -2.34. The van der Waals surface area contributed by atoms with Gasteiger partial charge in [-0.25, -0.2) is 15.0 Å². The molecular formula is C15H19N7S. The molecule has 0 atom stereocenters. The molecule has 1 saturated heterocycles. The van der Waals surface area contributed by atoms with E-state index in [0.29, 0.717) is 22.6 Å². The Balaban J connectivity index is 1.65. The van der Waals surface area contributed by atoms with Crippen LogP contribution in [-0.2, 0) is 0 Å². The zero-order valence-corrected chi connectivity index (χ0v) is 13.8. The highest BCUT2D eigenvalue weighted by Gasteiger charge is 2.16. The van der Waals surface area contributed by atoms with Gasteiger partial charge >= 0.3 is 0 Å². The highest BCUT2D eigenvalue weighted by atomic mass is 32.1. The molecule has 2 aromatic rings. The van der Waals surface area contributed by atoms with Crippen molar-refractivity contribution < 1.29 is 0 Å². The van der Waals surface area contributed by atoms with E-state index in [1.54, 1.807) is 11.7 Å². The largest absolute Gasteiger partial charge is 0.359 e. The van der Waals surface area contributed by atoms with Crippen LogP contribution in [0.2, 0.25) is 0 Å². The van der Waals surface area contributed by atoms with E-state index in [1.165, 1.54) is 24.2 Å². The summed E-state index contributed by atoms with van der Waals surface area (Å²) < 4.78 is 0. The van der Waals surface area contributed by atoms with Crippen LogP contribution < -0.4 is 15.5 Å². The summed E-state index contributed by atoms with van der Waals surface area (Å²) >= 11 is 1.39. The van der Waals surface area contributed by atoms with Crippen LogP contribution in [0.3, 0.4) is 0 Å². The van der Waals surface area contributed by atoms with Crippen LogP contribution in [0, 0.1) is 17.2 Å². The molecule has 0 radical (unpaired) electrons. The van der Waals surface area contributed by atoms with Crippen molar-refractivity contribution in [1.29, 1.82) is 5.26 Å². The first-order chi connectivity index (χ1) is 11.2. The first-order valence-corrected chi connectivity index (χ1v) is 8.49. The number of nitrogens with zero attached hydrogens (tertiary/aromatic N) is 5. The van der Waals surface area contributed by atoms with Crippen LogP contribution in [0.15, 0.2) is 17.8 Å². The smallest absolute Gasteiger partial charge is 0.189 e. The second kappa shape index (κ2) is 7.35. The Morgan fingerprint density at radius 1 is 1.43 bits per heavy atom. The Labute approximate surface area is 139 Å². The maximum Gasteiger partial charge on any atom is 0.189 e. The van der Waals surface area contributed by atoms with E-state index in [9.17, 15) is 0 Å². The Morgan fingerprint density at radius 2 is 2.26 bits per heavy atom. The van der Waals surface area contributed by atoms with Crippen LogP contribution in [-0.4, -0.2) is 41.6 Å². The molecular weight excluding hydrogens is 310 g/mol. The molecule has 0 bridgehead atoms. The highest BCUT2D eigenvalue weighted by Crippen LogP contribution is 2.22. The van der Waals surface area contributed by atoms with Crippen molar-refractivity contribution in [3.63, 3.8) is 0 Å². The molecule has 0 saturated carbocycles. The van der Waals surface area contributed by atoms with Gasteiger partial charge in [0.1, 0.15) is 24.0 Å². The topological polar surface area (TPSA) is 89.8 Å². The number of rotatable bonds is 5. The fourth-order valence-corrected chi connectivity index (χ4v) is 3.30. The lowest BCUT2D eigenvalue weighted by atomic mass is 9.98. The third kappa shape index (κ3) is 4.15. The lowest BCUT2D eigenvalue weighted by molar-refractivity contribution is 0.377. The van der Waals surface area contributed by atoms with Gasteiger partial charge in [0.15, 0.2) is 10.8 Å². The predicted molar refractivity (Wildman–Crippen MR) is 91.0 cm³/mol. The molecule has 3 rings (SSSR count). The van der Waals surface area contributed by atoms with Crippen molar-refractivity contribution in [2.45, 2.75) is 12.8 Å². The number of anilines is 3. The van der Waals surface area contributed by atoms with Gasteiger partial charge in [0, 0.05) is 25.0 Å². The van der Waals surface area contributed by atoms with Gasteiger partial charge in [-0.1, -0.05) is 0 Å². The molecule has 3 heterocycles. The van der Waals surface area contributed by atoms with Gasteiger partial charge in [-0.05, 0) is 31.8 Å². The molecule has 1 aliphatic heterocycles. The third-order valence-electron chi connectivity index (χ3n) is 3.89. The number of hydrogen-bond acceptors (Lipinski definition) is 8. The molecule has 0 spiro atoms. The number of nitrogens with one attached hydrogen (secondary N) is 2. The summed E-state index contributed by atoms with van der Waals surface area (Å²) in [6.45, 7) is 3.19. The fraction of sp³-hybridized carbons (Fsp3) is 0.467. The van der Waals surface area contributed by atoms with E-state index in [-0.39, 0.29) is 0 Å². The molecule has 8 heteroatoms. The molecule has 23 heavy (non-hydrogen) atoms. The minimum Gasteiger partial charge on any atom is -0.359 e. The number of nitriles is 1. The van der Waals surface area contributed by atoms with E-state index >= 15 is 0 Å². The summed E-state index contributed by atoms with van der Waals surface area (Å²) in [6, 6.07) is 3.93. The summed E-state index contributed by atoms with van der Waals surface area (Å²) in [5, 5.41) is 17.7. The van der Waals surface area contributed by atoms with Crippen LogP contribution in [0.5, 0.6) is 0 Å². The molecule has 1 aliphatic rings. The van der Waals surface area contributed by atoms with Crippen LogP contribution >= 0.6 is 11.3 Å². The summed E-state index contributed by atoms with van der Waals surface area (Å²) in [5.41, 5.74) is 0.412. The lowest BCUT2D eigenvalue weighted by Gasteiger charge is -2.28. The number of hydrogen-bond donors (Lipinski definition) is 2. The number of piperidine rings is 1. The molecule has 1 fully saturated rings. The SMILES string of the molecule is CN(CC1CCNCC1)c1cc(Nc2nc(C#N)cs2)ncn1. The average Bonchev–Trinajstić information content (AvgIpc) is 3.03. The summed E-state index contributed by atoms with van der Waals surface area (Å²) in [6.07, 6.45) is 3.96. The second-order valence-corrected chi connectivity index (χ2v) is 6.47. The first-order valence-electron chi connectivity index (χ1n) is 7.61. The zero-order valence-electron chi connectivity index (χ0n) is 13.0. The Bertz CT molecular complexity index is 687. The van der Waals surface area contributed by atoms with Gasteiger partial charge in [-0.3, -0.25) is 0 Å². The summed E-state index contributed by atoms with van der Waals surface area (Å²) in [4.78, 5) is 14.9. The minimum atomic E-state index is 0.412. The van der Waals surface area contributed by atoms with E-state index < -0.39 is 0 Å². The summed E-state index contributed by atoms with van der Waals surface area (Å²) in [5.74, 6) is 2.27. The van der Waals surface area contributed by atoms with Gasteiger partial charge in [0.2, 0.25) is 0 Å². The fourth-order valence-electron chi connectivity index (χ4n) is 2.66. The Hall–Kier alpha value is -2.24. The zero-order chi connectivity index (χ0) is 16.1. The third-order valence-corrected chi connectivity index (χ3v) is 4.65. The maximum atomic E-state index is 8.82. The van der Waals surface area contributed by atoms with Gasteiger partial charge in [0.25, 0.3) is 0 Å². The Kier molecular flexibility index (Phi) is 5.00. The predicted octanol–water partition coefficient (Wildman–Crippen LogP) is 1.98. The molecule has 7 nitrogen and oxygen atoms in total. The monoisotopic (exact) mass is 329 g/mol. The van der Waals surface area contributed by atoms with E-state index in [4.69, 9.17) is 5.26 Å². The molecule has 0 amide bonds. The normalized spacial score (nSPS) is 15.1. The molecule has 0 unspecified atom stereocenters. The molecule has 120 valence electrons. The van der Waals surface area contributed by atoms with E-state index in [2.05, 4.69) is 37.5 Å². The maximum absolute atomic E-state index is 8.82. The van der Waals surface area contributed by atoms with Crippen LogP contribution in [0.4, 0.5) is 16.8 Å². The van der Waals surface area contributed by atoms with Crippen LogP contribution in [0.1, 0.15) is 18.5 Å². The average molecular weight is 329 g/mol. The van der Waals surface area contributed by atoms with Crippen molar-refractivity contribution in [1.82, 2.24) is 20.3 Å². The van der Waals surface area contributed by atoms with Crippen LogP contribution in [0.25, 0.3) is 0 Å². The standard InChI is InChI=1S/C15H19N7S/c1-22(8-11-2-4-17-5-3-11)14-6-13(18-10-19-14)21-15-20-12(7-16)9-23-15/h6,9-11,17H,2-5,8H2,1H3,(H,18,19,20,21). The number of thiazole rings is 1. The van der Waals surface area contributed by atoms with Crippen molar-refractivity contribution in [3.8, 4) is 6.07 Å². The number of aromatic nitrogens is 3. The quantitative estimate of drug-likeness (QED) is 0.867. The van der Waals surface area contributed by atoms with Gasteiger partial charge in [0.05, 0.1) is 0 Å². The van der Waals surface area contributed by atoms with E-state index in [1.807, 2.05) is 12.1 Å². The van der Waals surface area contributed by atoms with Crippen molar-refractivity contribution >= 4 is 28.1 Å². The molecule has 2 aromatic heterocycles. The second-order valence-electron chi connectivity index (χ2n) is 5.61. The molecule has 0 aliphatic carbocycles. The highest BCUT2D eigenvalue weighted by molar-refractivity contribution is 7.13. The van der Waals surface area contributed by atoms with Gasteiger partial charge < -0.3 is 15.5 Å². The van der Waals surface area contributed by atoms with Crippen molar-refractivity contribution in [3.05, 3.63) is 23.5 Å². The minimum absolute atomic E-state index is 0.412. The summed E-state index contributed by atoms with van der Waals surface area (Å²) in [7, 11) is 2.06. The van der Waals surface area contributed by atoms with Gasteiger partial charge in [-0.2, -0.15) is 5.26 Å². The van der Waals surface area contributed by atoms with Crippen molar-refractivity contribution in [2.24, 2.45) is 5.92 Å². The molecule has 2 N–H and O–H groups in total.